The number of benzene rings is 2. The zero-order valence-corrected chi connectivity index (χ0v) is 16.3. The van der Waals surface area contributed by atoms with Crippen molar-refractivity contribution in [2.24, 2.45) is 12.0 Å². The van der Waals surface area contributed by atoms with Crippen LogP contribution < -0.4 is 19.6 Å². The number of amides is 2. The predicted octanol–water partition coefficient (Wildman–Crippen LogP) is 2.71. The largest absolute Gasteiger partial charge is 0.493 e. The van der Waals surface area contributed by atoms with Gasteiger partial charge in [-0.2, -0.15) is 13.8 Å². The van der Waals surface area contributed by atoms with E-state index in [9.17, 15) is 18.4 Å². The van der Waals surface area contributed by atoms with E-state index in [2.05, 4.69) is 15.0 Å². The molecule has 0 atom stereocenters. The van der Waals surface area contributed by atoms with Gasteiger partial charge in [-0.3, -0.25) is 9.59 Å². The number of carbonyl (C=O) groups excluding carboxylic acids is 2. The number of halogens is 2. The van der Waals surface area contributed by atoms with Crippen LogP contribution in [0.25, 0.3) is 10.2 Å². The van der Waals surface area contributed by atoms with E-state index >= 15 is 0 Å². The molecule has 0 bridgehead atoms. The minimum absolute atomic E-state index is 0.0220. The van der Waals surface area contributed by atoms with Crippen LogP contribution in [-0.4, -0.2) is 36.6 Å². The second-order valence-electron chi connectivity index (χ2n) is 5.84. The van der Waals surface area contributed by atoms with Crippen LogP contribution in [0.1, 0.15) is 10.4 Å². The van der Waals surface area contributed by atoms with Crippen LogP contribution in [0.5, 0.6) is 11.5 Å². The monoisotopic (exact) mass is 421 g/mol. The molecular weight excluding hydrogens is 404 g/mol. The topological polar surface area (TPSA) is 81.9 Å². The van der Waals surface area contributed by atoms with Crippen LogP contribution in [0.15, 0.2) is 47.5 Å². The van der Waals surface area contributed by atoms with Crippen molar-refractivity contribution in [3.63, 3.8) is 0 Å². The number of carbonyl (C=O) groups is 2. The van der Waals surface area contributed by atoms with Crippen LogP contribution in [0, 0.1) is 0 Å². The lowest BCUT2D eigenvalue weighted by Gasteiger charge is -2.11. The summed E-state index contributed by atoms with van der Waals surface area (Å²) < 4.78 is 36.8. The lowest BCUT2D eigenvalue weighted by Crippen LogP contribution is -2.30. The van der Waals surface area contributed by atoms with Crippen molar-refractivity contribution in [3.8, 4) is 11.5 Å². The van der Waals surface area contributed by atoms with E-state index in [4.69, 9.17) is 4.74 Å². The molecule has 3 rings (SSSR count). The second-order valence-corrected chi connectivity index (χ2v) is 6.85. The van der Waals surface area contributed by atoms with Crippen molar-refractivity contribution in [1.29, 1.82) is 0 Å². The molecule has 2 aromatic carbocycles. The van der Waals surface area contributed by atoms with Gasteiger partial charge in [-0.15, -0.1) is 0 Å². The zero-order valence-electron chi connectivity index (χ0n) is 15.5. The van der Waals surface area contributed by atoms with Gasteiger partial charge >= 0.3 is 6.61 Å². The molecule has 2 amide bonds. The number of nitrogens with one attached hydrogen (secondary N) is 1. The fourth-order valence-corrected chi connectivity index (χ4v) is 3.63. The summed E-state index contributed by atoms with van der Waals surface area (Å²) >= 11 is 1.37. The molecule has 0 fully saturated rings. The Balaban J connectivity index is 1.70. The van der Waals surface area contributed by atoms with Crippen molar-refractivity contribution in [2.75, 3.05) is 13.7 Å². The maximum Gasteiger partial charge on any atom is 0.387 e. The molecule has 0 spiro atoms. The number of hydrogen-bond donors (Lipinski definition) is 1. The van der Waals surface area contributed by atoms with Crippen LogP contribution >= 0.6 is 11.3 Å². The predicted molar refractivity (Wildman–Crippen MR) is 103 cm³/mol. The third kappa shape index (κ3) is 4.77. The molecule has 1 aromatic heterocycles. The van der Waals surface area contributed by atoms with Crippen molar-refractivity contribution >= 4 is 33.4 Å². The number of aromatic nitrogens is 1. The maximum atomic E-state index is 12.4. The Kier molecular flexibility index (Phi) is 6.23. The van der Waals surface area contributed by atoms with Crippen molar-refractivity contribution in [3.05, 3.63) is 52.8 Å². The Bertz CT molecular complexity index is 1120. The number of hydrogen-bond acceptors (Lipinski definition) is 5. The quantitative estimate of drug-likeness (QED) is 0.664. The number of alkyl halides is 2. The normalized spacial score (nSPS) is 11.7. The number of ether oxygens (including phenoxy) is 2. The summed E-state index contributed by atoms with van der Waals surface area (Å²) in [6.07, 6.45) is 0. The molecule has 0 saturated heterocycles. The number of fused-ring (bicyclic) bond motifs is 1. The maximum absolute atomic E-state index is 12.4. The van der Waals surface area contributed by atoms with Gasteiger partial charge in [0.2, 0.25) is 0 Å². The number of nitrogens with zero attached hydrogens (tertiary/aromatic N) is 2. The summed E-state index contributed by atoms with van der Waals surface area (Å²) in [6.45, 7) is -3.33. The molecule has 10 heteroatoms. The van der Waals surface area contributed by atoms with Crippen LogP contribution in [0.3, 0.4) is 0 Å². The molecule has 0 aliphatic heterocycles. The van der Waals surface area contributed by atoms with E-state index in [1.54, 1.807) is 11.6 Å². The van der Waals surface area contributed by atoms with Gasteiger partial charge in [0.1, 0.15) is 0 Å². The molecular formula is C19H17F2N3O4S. The molecule has 0 aliphatic carbocycles. The molecule has 0 radical (unpaired) electrons. The second kappa shape index (κ2) is 8.82. The smallest absolute Gasteiger partial charge is 0.387 e. The average Bonchev–Trinajstić information content (AvgIpc) is 3.01. The first kappa shape index (κ1) is 20.5. The third-order valence-electron chi connectivity index (χ3n) is 3.98. The molecule has 1 N–H and O–H groups in total. The molecule has 7 nitrogen and oxygen atoms in total. The zero-order chi connectivity index (χ0) is 21.0. The highest BCUT2D eigenvalue weighted by molar-refractivity contribution is 7.16. The minimum atomic E-state index is -3.02. The minimum Gasteiger partial charge on any atom is -0.493 e. The first-order chi connectivity index (χ1) is 13.9. The molecule has 0 unspecified atom stereocenters. The van der Waals surface area contributed by atoms with E-state index in [1.165, 1.54) is 36.6 Å². The lowest BCUT2D eigenvalue weighted by atomic mass is 10.2. The van der Waals surface area contributed by atoms with E-state index in [1.807, 2.05) is 24.3 Å². The molecule has 0 saturated carbocycles. The highest BCUT2D eigenvalue weighted by Crippen LogP contribution is 2.29. The average molecular weight is 421 g/mol. The van der Waals surface area contributed by atoms with E-state index in [0.29, 0.717) is 4.80 Å². The fraction of sp³-hybridized carbons (Fsp3) is 0.211. The van der Waals surface area contributed by atoms with E-state index in [-0.39, 0.29) is 23.6 Å². The first-order valence-corrected chi connectivity index (χ1v) is 9.24. The summed E-state index contributed by atoms with van der Waals surface area (Å²) in [6, 6.07) is 11.4. The molecule has 1 heterocycles. The highest BCUT2D eigenvalue weighted by Gasteiger charge is 2.15. The van der Waals surface area contributed by atoms with Gasteiger partial charge < -0.3 is 19.4 Å². The first-order valence-electron chi connectivity index (χ1n) is 8.42. The Morgan fingerprint density at radius 1 is 1.21 bits per heavy atom. The van der Waals surface area contributed by atoms with Gasteiger partial charge in [0, 0.05) is 12.6 Å². The Hall–Kier alpha value is -3.27. The fourth-order valence-electron chi connectivity index (χ4n) is 2.59. The van der Waals surface area contributed by atoms with Crippen LogP contribution in [0.4, 0.5) is 8.78 Å². The molecule has 0 aliphatic rings. The van der Waals surface area contributed by atoms with E-state index in [0.717, 1.165) is 10.2 Å². The highest BCUT2D eigenvalue weighted by atomic mass is 32.1. The van der Waals surface area contributed by atoms with Crippen molar-refractivity contribution in [2.45, 2.75) is 6.61 Å². The number of rotatable bonds is 6. The third-order valence-corrected chi connectivity index (χ3v) is 5.09. The number of thiazole rings is 1. The SMILES string of the molecule is COc1cc(C(=O)NCC(=O)N=c2sc3ccccc3n2C)ccc1OC(F)F. The summed E-state index contributed by atoms with van der Waals surface area (Å²) in [5.74, 6) is -1.31. The Morgan fingerprint density at radius 3 is 2.66 bits per heavy atom. The van der Waals surface area contributed by atoms with Gasteiger partial charge in [0.15, 0.2) is 16.3 Å². The van der Waals surface area contributed by atoms with Crippen LogP contribution in [-0.2, 0) is 11.8 Å². The molecule has 29 heavy (non-hydrogen) atoms. The van der Waals surface area contributed by atoms with Gasteiger partial charge in [-0.25, -0.2) is 0 Å². The van der Waals surface area contributed by atoms with Crippen LogP contribution in [0.2, 0.25) is 0 Å². The Morgan fingerprint density at radius 2 is 1.97 bits per heavy atom. The number of para-hydroxylation sites is 1. The summed E-state index contributed by atoms with van der Waals surface area (Å²) in [7, 11) is 3.07. The standard InChI is InChI=1S/C19H17F2N3O4S/c1-24-12-5-3-4-6-15(12)29-19(24)23-16(25)10-22-17(26)11-7-8-13(28-18(20)21)14(9-11)27-2/h3-9,18H,10H2,1-2H3,(H,22,26). The Labute approximate surface area is 168 Å². The van der Waals surface area contributed by atoms with Gasteiger partial charge in [0.05, 0.1) is 23.9 Å². The molecule has 3 aromatic rings. The van der Waals surface area contributed by atoms with E-state index < -0.39 is 18.4 Å². The van der Waals surface area contributed by atoms with Crippen molar-refractivity contribution in [1.82, 2.24) is 9.88 Å². The number of aryl methyl sites for hydroxylation is 1. The van der Waals surface area contributed by atoms with Gasteiger partial charge in [0.25, 0.3) is 11.8 Å². The molecule has 152 valence electrons. The van der Waals surface area contributed by atoms with Crippen molar-refractivity contribution < 1.29 is 27.8 Å². The lowest BCUT2D eigenvalue weighted by molar-refractivity contribution is -0.117. The van der Waals surface area contributed by atoms with Gasteiger partial charge in [-0.05, 0) is 30.3 Å². The summed E-state index contributed by atoms with van der Waals surface area (Å²) in [5.41, 5.74) is 1.08. The summed E-state index contributed by atoms with van der Waals surface area (Å²) in [4.78, 5) is 29.0. The summed E-state index contributed by atoms with van der Waals surface area (Å²) in [5, 5.41) is 2.45. The van der Waals surface area contributed by atoms with Gasteiger partial charge in [-0.1, -0.05) is 23.5 Å². The number of methoxy groups -OCH3 is 1.